The molecule has 144 valence electrons. The Morgan fingerprint density at radius 2 is 1.54 bits per heavy atom. The van der Waals surface area contributed by atoms with Crippen LogP contribution in [0.4, 0.5) is 0 Å². The lowest BCUT2D eigenvalue weighted by molar-refractivity contribution is 0.00578. The number of carbonyl (C=O) groups is 1. The Balaban J connectivity index is 2.71. The Kier molecular flexibility index (Phi) is 5.77. The first-order valence-electron chi connectivity index (χ1n) is 8.49. The normalized spacial score (nSPS) is 17.8. The largest absolute Gasteiger partial charge is 0.499 e. The van der Waals surface area contributed by atoms with Crippen LogP contribution in [0, 0.1) is 0 Å². The predicted molar refractivity (Wildman–Crippen MR) is 97.8 cm³/mol. The summed E-state index contributed by atoms with van der Waals surface area (Å²) < 4.78 is 33.8. The number of hydrogen-bond donors (Lipinski definition) is 0. The summed E-state index contributed by atoms with van der Waals surface area (Å²) in [7, 11) is 3.65. The highest BCUT2D eigenvalue weighted by Gasteiger charge is 2.54. The summed E-state index contributed by atoms with van der Waals surface area (Å²) in [6, 6.07) is 1.56. The molecule has 1 heterocycles. The Labute approximate surface area is 155 Å². The standard InChI is InChI=1S/C18H27BO7/c1-9-24-16(20)11-10-12(21-6)14(22-7)15(23-8)13(11)19-25-17(2,3)18(4,5)26-19/h10H,9H2,1-8H3. The summed E-state index contributed by atoms with van der Waals surface area (Å²) in [6.07, 6.45) is 0. The van der Waals surface area contributed by atoms with E-state index in [1.807, 2.05) is 27.7 Å². The first kappa shape index (κ1) is 20.4. The molecule has 0 radical (unpaired) electrons. The summed E-state index contributed by atoms with van der Waals surface area (Å²) in [5.74, 6) is 0.505. The van der Waals surface area contributed by atoms with Crippen LogP contribution in [-0.2, 0) is 14.0 Å². The zero-order chi connectivity index (χ0) is 19.7. The third kappa shape index (κ3) is 3.35. The molecule has 1 aliphatic rings. The highest BCUT2D eigenvalue weighted by Crippen LogP contribution is 2.42. The molecule has 2 rings (SSSR count). The van der Waals surface area contributed by atoms with Crippen molar-refractivity contribution in [3.63, 3.8) is 0 Å². The molecule has 1 aliphatic heterocycles. The highest BCUT2D eigenvalue weighted by molar-refractivity contribution is 6.65. The number of hydrogen-bond acceptors (Lipinski definition) is 7. The summed E-state index contributed by atoms with van der Waals surface area (Å²) in [5.41, 5.74) is -0.495. The van der Waals surface area contributed by atoms with Crippen LogP contribution in [0.5, 0.6) is 17.2 Å². The maximum atomic E-state index is 12.6. The molecule has 0 unspecified atom stereocenters. The van der Waals surface area contributed by atoms with E-state index in [1.165, 1.54) is 21.3 Å². The van der Waals surface area contributed by atoms with E-state index in [9.17, 15) is 4.79 Å². The minimum Gasteiger partial charge on any atom is -0.493 e. The fraction of sp³-hybridized carbons (Fsp3) is 0.611. The van der Waals surface area contributed by atoms with E-state index >= 15 is 0 Å². The van der Waals surface area contributed by atoms with Crippen molar-refractivity contribution < 1.29 is 33.1 Å². The molecule has 0 spiro atoms. The number of ether oxygens (including phenoxy) is 4. The monoisotopic (exact) mass is 366 g/mol. The van der Waals surface area contributed by atoms with Gasteiger partial charge in [0.2, 0.25) is 5.75 Å². The van der Waals surface area contributed by atoms with Crippen LogP contribution in [0.2, 0.25) is 0 Å². The molecular weight excluding hydrogens is 339 g/mol. The van der Waals surface area contributed by atoms with Gasteiger partial charge < -0.3 is 28.3 Å². The predicted octanol–water partition coefficient (Wildman–Crippen LogP) is 2.19. The fourth-order valence-electron chi connectivity index (χ4n) is 2.75. The van der Waals surface area contributed by atoms with Crippen LogP contribution in [-0.4, -0.2) is 52.2 Å². The topological polar surface area (TPSA) is 72.5 Å². The Morgan fingerprint density at radius 1 is 1.00 bits per heavy atom. The first-order chi connectivity index (χ1) is 12.1. The third-order valence-corrected chi connectivity index (χ3v) is 4.85. The minimum absolute atomic E-state index is 0.234. The van der Waals surface area contributed by atoms with Gasteiger partial charge in [0.05, 0.1) is 44.7 Å². The van der Waals surface area contributed by atoms with Crippen LogP contribution in [0.25, 0.3) is 0 Å². The van der Waals surface area contributed by atoms with E-state index < -0.39 is 24.3 Å². The molecule has 26 heavy (non-hydrogen) atoms. The maximum Gasteiger partial charge on any atom is 0.499 e. The average molecular weight is 366 g/mol. The third-order valence-electron chi connectivity index (χ3n) is 4.85. The molecule has 0 saturated carbocycles. The molecule has 0 amide bonds. The van der Waals surface area contributed by atoms with E-state index in [4.69, 9.17) is 28.3 Å². The van der Waals surface area contributed by atoms with Gasteiger partial charge in [-0.3, -0.25) is 0 Å². The SMILES string of the molecule is CCOC(=O)c1cc(OC)c(OC)c(OC)c1B1OC(C)(C)C(C)(C)O1. The smallest absolute Gasteiger partial charge is 0.493 e. The Hall–Kier alpha value is -1.93. The van der Waals surface area contributed by atoms with Gasteiger partial charge in [-0.1, -0.05) is 0 Å². The molecule has 1 fully saturated rings. The van der Waals surface area contributed by atoms with E-state index in [1.54, 1.807) is 13.0 Å². The van der Waals surface area contributed by atoms with E-state index in [0.717, 1.165) is 0 Å². The van der Waals surface area contributed by atoms with Crippen molar-refractivity contribution in [3.05, 3.63) is 11.6 Å². The van der Waals surface area contributed by atoms with Crippen molar-refractivity contribution in [2.45, 2.75) is 45.8 Å². The van der Waals surface area contributed by atoms with Gasteiger partial charge in [0.1, 0.15) is 0 Å². The number of methoxy groups -OCH3 is 3. The average Bonchev–Trinajstić information content (AvgIpc) is 2.80. The Bertz CT molecular complexity index is 669. The van der Waals surface area contributed by atoms with Gasteiger partial charge in [0, 0.05) is 5.46 Å². The molecule has 1 saturated heterocycles. The van der Waals surface area contributed by atoms with Crippen LogP contribution in [0.1, 0.15) is 45.0 Å². The van der Waals surface area contributed by atoms with Crippen LogP contribution in [0.15, 0.2) is 6.07 Å². The van der Waals surface area contributed by atoms with Gasteiger partial charge >= 0.3 is 13.1 Å². The zero-order valence-corrected chi connectivity index (χ0v) is 16.7. The van der Waals surface area contributed by atoms with Gasteiger partial charge in [-0.05, 0) is 40.7 Å². The molecule has 0 aromatic heterocycles. The fourth-order valence-corrected chi connectivity index (χ4v) is 2.75. The molecular formula is C18H27BO7. The summed E-state index contributed by atoms with van der Waals surface area (Å²) in [6.45, 7) is 9.71. The molecule has 1 aromatic rings. The summed E-state index contributed by atoms with van der Waals surface area (Å²) in [5, 5.41) is 0. The molecule has 8 heteroatoms. The van der Waals surface area contributed by atoms with E-state index in [-0.39, 0.29) is 12.2 Å². The van der Waals surface area contributed by atoms with Crippen molar-refractivity contribution in [2.24, 2.45) is 0 Å². The molecule has 7 nitrogen and oxygen atoms in total. The quantitative estimate of drug-likeness (QED) is 0.564. The van der Waals surface area contributed by atoms with Gasteiger partial charge in [-0.25, -0.2) is 4.79 Å². The summed E-state index contributed by atoms with van der Waals surface area (Å²) >= 11 is 0. The Morgan fingerprint density at radius 3 is 1.96 bits per heavy atom. The van der Waals surface area contributed by atoms with Gasteiger partial charge in [0.25, 0.3) is 0 Å². The second-order valence-corrected chi connectivity index (χ2v) is 6.92. The van der Waals surface area contributed by atoms with Crippen LogP contribution < -0.4 is 19.7 Å². The van der Waals surface area contributed by atoms with Crippen LogP contribution >= 0.6 is 0 Å². The zero-order valence-electron chi connectivity index (χ0n) is 16.7. The van der Waals surface area contributed by atoms with Gasteiger partial charge in [-0.2, -0.15) is 0 Å². The van der Waals surface area contributed by atoms with E-state index in [2.05, 4.69) is 0 Å². The van der Waals surface area contributed by atoms with Gasteiger partial charge in [-0.15, -0.1) is 0 Å². The molecule has 0 bridgehead atoms. The van der Waals surface area contributed by atoms with Crippen molar-refractivity contribution in [3.8, 4) is 17.2 Å². The second kappa shape index (κ2) is 7.36. The maximum absolute atomic E-state index is 12.6. The second-order valence-electron chi connectivity index (χ2n) is 6.92. The summed E-state index contributed by atoms with van der Waals surface area (Å²) in [4.78, 5) is 12.6. The molecule has 0 N–H and O–H groups in total. The first-order valence-corrected chi connectivity index (χ1v) is 8.49. The lowest BCUT2D eigenvalue weighted by Gasteiger charge is -2.32. The minimum atomic E-state index is -0.825. The molecule has 0 aliphatic carbocycles. The van der Waals surface area contributed by atoms with Crippen LogP contribution in [0.3, 0.4) is 0 Å². The van der Waals surface area contributed by atoms with Crippen molar-refractivity contribution in [1.82, 2.24) is 0 Å². The van der Waals surface area contributed by atoms with Crippen molar-refractivity contribution >= 4 is 18.6 Å². The number of carbonyl (C=O) groups excluding carboxylic acids is 1. The van der Waals surface area contributed by atoms with Crippen molar-refractivity contribution in [2.75, 3.05) is 27.9 Å². The number of esters is 1. The molecule has 1 aromatic carbocycles. The van der Waals surface area contributed by atoms with E-state index in [0.29, 0.717) is 22.7 Å². The highest BCUT2D eigenvalue weighted by atomic mass is 16.7. The lowest BCUT2D eigenvalue weighted by Crippen LogP contribution is -2.41. The number of rotatable bonds is 6. The molecule has 0 atom stereocenters. The number of benzene rings is 1. The van der Waals surface area contributed by atoms with Gasteiger partial charge in [0.15, 0.2) is 11.5 Å². The lowest BCUT2D eigenvalue weighted by atomic mass is 9.74. The van der Waals surface area contributed by atoms with Crippen molar-refractivity contribution in [1.29, 1.82) is 0 Å².